The van der Waals surface area contributed by atoms with Gasteiger partial charge >= 0.3 is 0 Å². The van der Waals surface area contributed by atoms with Gasteiger partial charge in [-0.1, -0.05) is 0 Å². The van der Waals surface area contributed by atoms with Gasteiger partial charge in [0, 0.05) is 5.69 Å². The Balaban J connectivity index is 2.28. The van der Waals surface area contributed by atoms with Gasteiger partial charge in [-0.05, 0) is 31.2 Å². The predicted molar refractivity (Wildman–Crippen MR) is 75.0 cm³/mol. The Hall–Kier alpha value is -2.35. The van der Waals surface area contributed by atoms with Crippen LogP contribution in [0.5, 0.6) is 5.75 Å². The standard InChI is InChI=1S/C12H14N4O3S/c1-8-11(19-2)7-14-12(15-8)16-20(17,18)10-5-3-9(13)4-6-10/h3-7H,13H2,1-2H3,(H,14,15,16). The number of hydrogen-bond donors (Lipinski definition) is 2. The Morgan fingerprint density at radius 1 is 1.25 bits per heavy atom. The van der Waals surface area contributed by atoms with Gasteiger partial charge in [0.15, 0.2) is 5.75 Å². The minimum Gasteiger partial charge on any atom is -0.493 e. The average molecular weight is 294 g/mol. The zero-order valence-electron chi connectivity index (χ0n) is 11.0. The van der Waals surface area contributed by atoms with Crippen LogP contribution in [-0.4, -0.2) is 25.5 Å². The predicted octanol–water partition coefficient (Wildman–Crippen LogP) is 1.18. The Morgan fingerprint density at radius 2 is 1.90 bits per heavy atom. The number of benzene rings is 1. The average Bonchev–Trinajstić information content (AvgIpc) is 2.39. The lowest BCUT2D eigenvalue weighted by atomic mass is 10.3. The maximum atomic E-state index is 12.1. The van der Waals surface area contributed by atoms with Crippen molar-refractivity contribution in [2.24, 2.45) is 0 Å². The molecule has 0 spiro atoms. The Kier molecular flexibility index (Phi) is 3.75. The number of hydrogen-bond acceptors (Lipinski definition) is 6. The molecular formula is C12H14N4O3S. The first-order valence-corrected chi connectivity index (χ1v) is 7.16. The summed E-state index contributed by atoms with van der Waals surface area (Å²) in [5.41, 5.74) is 6.55. The molecule has 0 saturated heterocycles. The number of rotatable bonds is 4. The van der Waals surface area contributed by atoms with Crippen molar-refractivity contribution in [3.63, 3.8) is 0 Å². The molecule has 1 aromatic heterocycles. The molecule has 0 amide bonds. The number of anilines is 2. The molecule has 2 aromatic rings. The van der Waals surface area contributed by atoms with Gasteiger partial charge in [0.2, 0.25) is 5.95 Å². The SMILES string of the molecule is COc1cnc(NS(=O)(=O)c2ccc(N)cc2)nc1C. The van der Waals surface area contributed by atoms with Crippen LogP contribution in [0.4, 0.5) is 11.6 Å². The molecule has 2 rings (SSSR count). The second-order valence-corrected chi connectivity index (χ2v) is 5.70. The first-order valence-electron chi connectivity index (χ1n) is 5.68. The van der Waals surface area contributed by atoms with Crippen LogP contribution in [0.15, 0.2) is 35.4 Å². The molecule has 0 aliphatic carbocycles. The number of aromatic nitrogens is 2. The van der Waals surface area contributed by atoms with Crippen molar-refractivity contribution in [2.75, 3.05) is 17.6 Å². The van der Waals surface area contributed by atoms with E-state index in [1.165, 1.54) is 37.6 Å². The summed E-state index contributed by atoms with van der Waals surface area (Å²) in [6.45, 7) is 1.70. The van der Waals surface area contributed by atoms with Crippen molar-refractivity contribution < 1.29 is 13.2 Å². The summed E-state index contributed by atoms with van der Waals surface area (Å²) in [5, 5.41) is 0. The van der Waals surface area contributed by atoms with Crippen molar-refractivity contribution in [3.05, 3.63) is 36.2 Å². The fourth-order valence-electron chi connectivity index (χ4n) is 1.53. The van der Waals surface area contributed by atoms with Gasteiger partial charge in [-0.15, -0.1) is 0 Å². The monoisotopic (exact) mass is 294 g/mol. The second-order valence-electron chi connectivity index (χ2n) is 4.02. The summed E-state index contributed by atoms with van der Waals surface area (Å²) in [6.07, 6.45) is 1.41. The Labute approximate surface area is 116 Å². The maximum Gasteiger partial charge on any atom is 0.264 e. The molecule has 0 bridgehead atoms. The third-order valence-corrected chi connectivity index (χ3v) is 3.91. The molecule has 7 nitrogen and oxygen atoms in total. The van der Waals surface area contributed by atoms with Gasteiger partial charge in [0.25, 0.3) is 10.0 Å². The molecule has 0 aliphatic rings. The number of nitrogens with zero attached hydrogens (tertiary/aromatic N) is 2. The first kappa shape index (κ1) is 14.1. The van der Waals surface area contributed by atoms with Crippen LogP contribution in [0.25, 0.3) is 0 Å². The van der Waals surface area contributed by atoms with Crippen molar-refractivity contribution in [2.45, 2.75) is 11.8 Å². The largest absolute Gasteiger partial charge is 0.493 e. The summed E-state index contributed by atoms with van der Waals surface area (Å²) < 4.78 is 31.5. The quantitative estimate of drug-likeness (QED) is 0.820. The highest BCUT2D eigenvalue weighted by Gasteiger charge is 2.16. The van der Waals surface area contributed by atoms with Crippen LogP contribution < -0.4 is 15.2 Å². The highest BCUT2D eigenvalue weighted by molar-refractivity contribution is 7.92. The normalized spacial score (nSPS) is 11.1. The number of sulfonamides is 1. The molecule has 0 aliphatic heterocycles. The van der Waals surface area contributed by atoms with E-state index < -0.39 is 10.0 Å². The third-order valence-electron chi connectivity index (χ3n) is 2.57. The summed E-state index contributed by atoms with van der Waals surface area (Å²) in [4.78, 5) is 8.00. The number of ether oxygens (including phenoxy) is 1. The lowest BCUT2D eigenvalue weighted by molar-refractivity contribution is 0.407. The van der Waals surface area contributed by atoms with Crippen molar-refractivity contribution in [3.8, 4) is 5.75 Å². The van der Waals surface area contributed by atoms with E-state index in [9.17, 15) is 8.42 Å². The molecule has 0 atom stereocenters. The van der Waals surface area contributed by atoms with Crippen LogP contribution in [-0.2, 0) is 10.0 Å². The molecule has 0 unspecified atom stereocenters. The fraction of sp³-hybridized carbons (Fsp3) is 0.167. The molecule has 20 heavy (non-hydrogen) atoms. The number of nitrogen functional groups attached to an aromatic ring is 1. The maximum absolute atomic E-state index is 12.1. The van der Waals surface area contributed by atoms with E-state index in [-0.39, 0.29) is 10.8 Å². The van der Waals surface area contributed by atoms with Crippen molar-refractivity contribution in [1.29, 1.82) is 0 Å². The molecule has 0 saturated carbocycles. The number of nitrogens with one attached hydrogen (secondary N) is 1. The molecule has 0 radical (unpaired) electrons. The highest BCUT2D eigenvalue weighted by atomic mass is 32.2. The highest BCUT2D eigenvalue weighted by Crippen LogP contribution is 2.18. The van der Waals surface area contributed by atoms with Gasteiger partial charge in [0.1, 0.15) is 0 Å². The first-order chi connectivity index (χ1) is 9.42. The topological polar surface area (TPSA) is 107 Å². The van der Waals surface area contributed by atoms with Gasteiger partial charge in [0.05, 0.1) is 23.9 Å². The lowest BCUT2D eigenvalue weighted by Gasteiger charge is -2.08. The van der Waals surface area contributed by atoms with Crippen molar-refractivity contribution >= 4 is 21.7 Å². The number of methoxy groups -OCH3 is 1. The van der Waals surface area contributed by atoms with E-state index in [0.717, 1.165) is 0 Å². The van der Waals surface area contributed by atoms with Crippen LogP contribution in [0, 0.1) is 6.92 Å². The summed E-state index contributed by atoms with van der Waals surface area (Å²) in [6, 6.07) is 5.84. The molecule has 1 aromatic carbocycles. The smallest absolute Gasteiger partial charge is 0.264 e. The molecule has 106 valence electrons. The van der Waals surface area contributed by atoms with E-state index in [0.29, 0.717) is 17.1 Å². The molecular weight excluding hydrogens is 280 g/mol. The second kappa shape index (κ2) is 5.33. The molecule has 8 heteroatoms. The van der Waals surface area contributed by atoms with E-state index in [1.54, 1.807) is 6.92 Å². The zero-order chi connectivity index (χ0) is 14.8. The number of nitrogens with two attached hydrogens (primary N) is 1. The third kappa shape index (κ3) is 2.97. The summed E-state index contributed by atoms with van der Waals surface area (Å²) in [5.74, 6) is 0.473. The van der Waals surface area contributed by atoms with Crippen LogP contribution in [0.2, 0.25) is 0 Å². The Bertz CT molecular complexity index is 714. The molecule has 1 heterocycles. The van der Waals surface area contributed by atoms with Gasteiger partial charge < -0.3 is 10.5 Å². The van der Waals surface area contributed by atoms with Crippen LogP contribution in [0.3, 0.4) is 0 Å². The van der Waals surface area contributed by atoms with E-state index >= 15 is 0 Å². The van der Waals surface area contributed by atoms with E-state index in [2.05, 4.69) is 14.7 Å². The van der Waals surface area contributed by atoms with Gasteiger partial charge in [-0.25, -0.2) is 23.1 Å². The summed E-state index contributed by atoms with van der Waals surface area (Å²) in [7, 11) is -2.25. The number of aryl methyl sites for hydroxylation is 1. The van der Waals surface area contributed by atoms with Gasteiger partial charge in [-0.3, -0.25) is 0 Å². The van der Waals surface area contributed by atoms with Crippen LogP contribution in [0.1, 0.15) is 5.69 Å². The minimum absolute atomic E-state index is 0.0138. The minimum atomic E-state index is -3.74. The van der Waals surface area contributed by atoms with Crippen LogP contribution >= 0.6 is 0 Å². The summed E-state index contributed by atoms with van der Waals surface area (Å²) >= 11 is 0. The van der Waals surface area contributed by atoms with Crippen molar-refractivity contribution in [1.82, 2.24) is 9.97 Å². The zero-order valence-corrected chi connectivity index (χ0v) is 11.8. The van der Waals surface area contributed by atoms with E-state index in [1.807, 2.05) is 0 Å². The Morgan fingerprint density at radius 3 is 2.45 bits per heavy atom. The fourth-order valence-corrected chi connectivity index (χ4v) is 2.48. The van der Waals surface area contributed by atoms with Gasteiger partial charge in [-0.2, -0.15) is 0 Å². The van der Waals surface area contributed by atoms with E-state index in [4.69, 9.17) is 10.5 Å². The lowest BCUT2D eigenvalue weighted by Crippen LogP contribution is -2.15. The molecule has 3 N–H and O–H groups in total. The molecule has 0 fully saturated rings.